The van der Waals surface area contributed by atoms with Crippen LogP contribution < -0.4 is 0 Å². The number of hydrogen-bond donors (Lipinski definition) is 0. The fraction of sp³-hybridized carbons (Fsp3) is 0.600. The van der Waals surface area contributed by atoms with Crippen LogP contribution in [0.4, 0.5) is 4.79 Å². The van der Waals surface area contributed by atoms with Crippen molar-refractivity contribution in [2.45, 2.75) is 59.2 Å². The molecule has 0 saturated heterocycles. The van der Waals surface area contributed by atoms with E-state index in [9.17, 15) is 9.59 Å². The van der Waals surface area contributed by atoms with E-state index < -0.39 is 11.7 Å². The van der Waals surface area contributed by atoms with E-state index in [2.05, 4.69) is 0 Å². The van der Waals surface area contributed by atoms with E-state index in [4.69, 9.17) is 9.47 Å². The number of nitrogens with zero attached hydrogens (tertiary/aromatic N) is 1. The van der Waals surface area contributed by atoms with E-state index in [1.807, 2.05) is 58.0 Å². The van der Waals surface area contributed by atoms with Crippen LogP contribution in [0.25, 0.3) is 0 Å². The lowest BCUT2D eigenvalue weighted by molar-refractivity contribution is -0.120. The number of ether oxygens (including phenoxy) is 2. The Balaban J connectivity index is 2.28. The average molecular weight is 349 g/mol. The minimum Gasteiger partial charge on any atom is -0.444 e. The van der Waals surface area contributed by atoms with Crippen molar-refractivity contribution < 1.29 is 19.1 Å². The van der Waals surface area contributed by atoms with Gasteiger partial charge in [-0.3, -0.25) is 4.79 Å². The van der Waals surface area contributed by atoms with E-state index in [0.29, 0.717) is 32.6 Å². The number of carbonyl (C=O) groups is 2. The minimum atomic E-state index is -0.558. The molecule has 0 aliphatic carbocycles. The quantitative estimate of drug-likeness (QED) is 0.594. The summed E-state index contributed by atoms with van der Waals surface area (Å²) in [6.07, 6.45) is 1.41. The topological polar surface area (TPSA) is 55.8 Å². The first-order valence-corrected chi connectivity index (χ1v) is 8.93. The van der Waals surface area contributed by atoms with Crippen LogP contribution in [0.15, 0.2) is 30.3 Å². The smallest absolute Gasteiger partial charge is 0.410 e. The van der Waals surface area contributed by atoms with Gasteiger partial charge in [-0.05, 0) is 39.2 Å². The highest BCUT2D eigenvalue weighted by molar-refractivity contribution is 5.84. The summed E-state index contributed by atoms with van der Waals surface area (Å²) in [6, 6.07) is 9.93. The second-order valence-electron chi connectivity index (χ2n) is 7.08. The van der Waals surface area contributed by atoms with Crippen molar-refractivity contribution in [2.75, 3.05) is 19.7 Å². The first-order valence-electron chi connectivity index (χ1n) is 8.93. The van der Waals surface area contributed by atoms with Gasteiger partial charge in [0.15, 0.2) is 5.78 Å². The Labute approximate surface area is 151 Å². The molecular weight excluding hydrogens is 318 g/mol. The molecule has 5 heteroatoms. The Morgan fingerprint density at radius 3 is 2.40 bits per heavy atom. The highest BCUT2D eigenvalue weighted by Crippen LogP contribution is 2.11. The average Bonchev–Trinajstić information content (AvgIpc) is 2.53. The number of ketones is 1. The van der Waals surface area contributed by atoms with Gasteiger partial charge in [-0.1, -0.05) is 37.3 Å². The number of amides is 1. The summed E-state index contributed by atoms with van der Waals surface area (Å²) in [4.78, 5) is 25.8. The van der Waals surface area contributed by atoms with Gasteiger partial charge in [-0.25, -0.2) is 4.79 Å². The van der Waals surface area contributed by atoms with Crippen LogP contribution in [-0.2, 0) is 20.9 Å². The van der Waals surface area contributed by atoms with E-state index in [0.717, 1.165) is 12.0 Å². The van der Waals surface area contributed by atoms with Gasteiger partial charge in [-0.2, -0.15) is 0 Å². The zero-order valence-corrected chi connectivity index (χ0v) is 15.9. The largest absolute Gasteiger partial charge is 0.444 e. The first-order chi connectivity index (χ1) is 11.8. The highest BCUT2D eigenvalue weighted by Gasteiger charge is 2.23. The molecule has 0 N–H and O–H groups in total. The standard InChI is InChI=1S/C20H31NO4/c1-5-13-21(19(23)25-20(2,3)4)15-18(22)12-9-14-24-16-17-10-7-6-8-11-17/h6-8,10-11H,5,9,12-16H2,1-4H3. The number of benzene rings is 1. The van der Waals surface area contributed by atoms with Gasteiger partial charge in [0.1, 0.15) is 5.60 Å². The summed E-state index contributed by atoms with van der Waals surface area (Å²) in [5.41, 5.74) is 0.560. The van der Waals surface area contributed by atoms with Gasteiger partial charge >= 0.3 is 6.09 Å². The van der Waals surface area contributed by atoms with Gasteiger partial charge in [0.25, 0.3) is 0 Å². The first kappa shape index (κ1) is 21.2. The monoisotopic (exact) mass is 349 g/mol. The molecule has 0 aromatic heterocycles. The van der Waals surface area contributed by atoms with Crippen molar-refractivity contribution >= 4 is 11.9 Å². The maximum atomic E-state index is 12.1. The number of carbonyl (C=O) groups excluding carboxylic acids is 2. The fourth-order valence-corrected chi connectivity index (χ4v) is 2.26. The van der Waals surface area contributed by atoms with Gasteiger partial charge in [-0.15, -0.1) is 0 Å². The Morgan fingerprint density at radius 1 is 1.12 bits per heavy atom. The zero-order chi connectivity index (χ0) is 18.7. The fourth-order valence-electron chi connectivity index (χ4n) is 2.26. The molecular formula is C20H31NO4. The normalized spacial score (nSPS) is 11.2. The number of hydrogen-bond acceptors (Lipinski definition) is 4. The summed E-state index contributed by atoms with van der Waals surface area (Å²) in [7, 11) is 0. The van der Waals surface area contributed by atoms with E-state index in [1.54, 1.807) is 0 Å². The minimum absolute atomic E-state index is 0.0302. The molecule has 25 heavy (non-hydrogen) atoms. The molecule has 0 aliphatic rings. The summed E-state index contributed by atoms with van der Waals surface area (Å²) >= 11 is 0. The van der Waals surface area contributed by atoms with Gasteiger partial charge in [0.05, 0.1) is 13.2 Å². The Hall–Kier alpha value is -1.88. The van der Waals surface area contributed by atoms with Crippen molar-refractivity contribution in [1.82, 2.24) is 4.90 Å². The van der Waals surface area contributed by atoms with Crippen molar-refractivity contribution in [3.8, 4) is 0 Å². The molecule has 1 aromatic rings. The van der Waals surface area contributed by atoms with Crippen molar-refractivity contribution in [3.05, 3.63) is 35.9 Å². The Bertz CT molecular complexity index is 522. The third-order valence-corrected chi connectivity index (χ3v) is 3.37. The summed E-state index contributed by atoms with van der Waals surface area (Å²) in [5.74, 6) is 0.0302. The van der Waals surface area contributed by atoms with Gasteiger partial charge in [0, 0.05) is 19.6 Å². The van der Waals surface area contributed by atoms with Crippen LogP contribution in [-0.4, -0.2) is 42.1 Å². The number of Topliss-reactive ketones (excluding diaryl/α,β-unsaturated/α-hetero) is 1. The van der Waals surface area contributed by atoms with Crippen LogP contribution in [0.3, 0.4) is 0 Å². The van der Waals surface area contributed by atoms with E-state index >= 15 is 0 Å². The third-order valence-electron chi connectivity index (χ3n) is 3.37. The van der Waals surface area contributed by atoms with Crippen molar-refractivity contribution in [2.24, 2.45) is 0 Å². The summed E-state index contributed by atoms with van der Waals surface area (Å²) in [6.45, 7) is 9.13. The molecule has 0 radical (unpaired) electrons. The zero-order valence-electron chi connectivity index (χ0n) is 15.9. The lowest BCUT2D eigenvalue weighted by Gasteiger charge is -2.26. The maximum absolute atomic E-state index is 12.1. The van der Waals surface area contributed by atoms with Crippen LogP contribution in [0, 0.1) is 0 Å². The molecule has 0 fully saturated rings. The molecule has 0 bridgehead atoms. The molecule has 1 amide bonds. The van der Waals surface area contributed by atoms with E-state index in [-0.39, 0.29) is 12.3 Å². The molecule has 1 rings (SSSR count). The lowest BCUT2D eigenvalue weighted by Crippen LogP contribution is -2.40. The predicted molar refractivity (Wildman–Crippen MR) is 98.4 cm³/mol. The number of rotatable bonds is 10. The van der Waals surface area contributed by atoms with Crippen LogP contribution in [0.2, 0.25) is 0 Å². The van der Waals surface area contributed by atoms with E-state index in [1.165, 1.54) is 4.90 Å². The molecule has 0 unspecified atom stereocenters. The SMILES string of the molecule is CCCN(CC(=O)CCCOCc1ccccc1)C(=O)OC(C)(C)C. The highest BCUT2D eigenvalue weighted by atomic mass is 16.6. The predicted octanol–water partition coefficient (Wildman–Crippen LogP) is 4.20. The summed E-state index contributed by atoms with van der Waals surface area (Å²) < 4.78 is 10.9. The molecule has 0 atom stereocenters. The molecule has 5 nitrogen and oxygen atoms in total. The molecule has 0 saturated carbocycles. The molecule has 140 valence electrons. The molecule has 1 aromatic carbocycles. The van der Waals surface area contributed by atoms with Crippen molar-refractivity contribution in [1.29, 1.82) is 0 Å². The lowest BCUT2D eigenvalue weighted by atomic mass is 10.2. The maximum Gasteiger partial charge on any atom is 0.410 e. The van der Waals surface area contributed by atoms with Crippen LogP contribution in [0.1, 0.15) is 52.5 Å². The Kier molecular flexibility index (Phi) is 9.21. The van der Waals surface area contributed by atoms with Crippen molar-refractivity contribution in [3.63, 3.8) is 0 Å². The second kappa shape index (κ2) is 10.9. The summed E-state index contributed by atoms with van der Waals surface area (Å²) in [5, 5.41) is 0. The molecule has 0 aliphatic heterocycles. The third kappa shape index (κ3) is 9.87. The van der Waals surface area contributed by atoms with Gasteiger partial charge in [0.2, 0.25) is 0 Å². The van der Waals surface area contributed by atoms with Gasteiger partial charge < -0.3 is 14.4 Å². The van der Waals surface area contributed by atoms with Crippen LogP contribution in [0.5, 0.6) is 0 Å². The molecule has 0 spiro atoms. The Morgan fingerprint density at radius 2 is 1.80 bits per heavy atom. The second-order valence-corrected chi connectivity index (χ2v) is 7.08. The van der Waals surface area contributed by atoms with Crippen LogP contribution >= 0.6 is 0 Å². The molecule has 0 heterocycles.